The molecule has 2 rings (SSSR count). The van der Waals surface area contributed by atoms with Gasteiger partial charge in [-0.1, -0.05) is 42.5 Å². The van der Waals surface area contributed by atoms with Gasteiger partial charge in [0.25, 0.3) is 0 Å². The molecule has 0 spiro atoms. The van der Waals surface area contributed by atoms with Crippen molar-refractivity contribution in [3.05, 3.63) is 48.0 Å². The van der Waals surface area contributed by atoms with Crippen molar-refractivity contribution < 1.29 is 14.7 Å². The highest BCUT2D eigenvalue weighted by Crippen LogP contribution is 2.10. The Kier molecular flexibility index (Phi) is 3.62. The van der Waals surface area contributed by atoms with Crippen molar-refractivity contribution in [1.82, 2.24) is 10.2 Å². The van der Waals surface area contributed by atoms with E-state index < -0.39 is 12.1 Å². The summed E-state index contributed by atoms with van der Waals surface area (Å²) >= 11 is 0. The fraction of sp³-hybridized carbons (Fsp3) is 0.231. The van der Waals surface area contributed by atoms with Crippen LogP contribution in [-0.2, 0) is 11.3 Å². The SMILES string of the molecule is O=C(NCc1ccccc1)C1C=CCN1C(=O)O. The zero-order chi connectivity index (χ0) is 13.0. The lowest BCUT2D eigenvalue weighted by atomic mass is 10.2. The maximum Gasteiger partial charge on any atom is 0.408 e. The third kappa shape index (κ3) is 2.68. The van der Waals surface area contributed by atoms with Crippen molar-refractivity contribution in [2.24, 2.45) is 0 Å². The summed E-state index contributed by atoms with van der Waals surface area (Å²) in [5, 5.41) is 11.7. The van der Waals surface area contributed by atoms with Gasteiger partial charge < -0.3 is 10.4 Å². The minimum absolute atomic E-state index is 0.263. The molecule has 0 aromatic heterocycles. The van der Waals surface area contributed by atoms with Crippen LogP contribution in [0.25, 0.3) is 0 Å². The van der Waals surface area contributed by atoms with Crippen LogP contribution in [0.15, 0.2) is 42.5 Å². The van der Waals surface area contributed by atoms with Gasteiger partial charge in [0.05, 0.1) is 0 Å². The summed E-state index contributed by atoms with van der Waals surface area (Å²) < 4.78 is 0. The normalized spacial score (nSPS) is 17.8. The molecule has 1 aromatic carbocycles. The Bertz CT molecular complexity index is 470. The maximum absolute atomic E-state index is 11.9. The maximum atomic E-state index is 11.9. The molecule has 0 bridgehead atoms. The number of rotatable bonds is 3. The molecule has 0 fully saturated rings. The molecular weight excluding hydrogens is 232 g/mol. The van der Waals surface area contributed by atoms with Crippen molar-refractivity contribution in [1.29, 1.82) is 0 Å². The van der Waals surface area contributed by atoms with Crippen LogP contribution in [0.5, 0.6) is 0 Å². The van der Waals surface area contributed by atoms with Gasteiger partial charge in [-0.3, -0.25) is 9.69 Å². The van der Waals surface area contributed by atoms with Gasteiger partial charge in [-0.15, -0.1) is 0 Å². The third-order valence-electron chi connectivity index (χ3n) is 2.78. The number of amides is 2. The van der Waals surface area contributed by atoms with Crippen LogP contribution in [0.4, 0.5) is 4.79 Å². The predicted octanol–water partition coefficient (Wildman–Crippen LogP) is 1.22. The standard InChI is InChI=1S/C13H14N2O3/c16-12(11-7-4-8-15(11)13(17)18)14-9-10-5-2-1-3-6-10/h1-7,11H,8-9H2,(H,14,16)(H,17,18). The molecule has 0 radical (unpaired) electrons. The summed E-state index contributed by atoms with van der Waals surface area (Å²) in [5.41, 5.74) is 0.981. The van der Waals surface area contributed by atoms with Crippen LogP contribution in [0.2, 0.25) is 0 Å². The first kappa shape index (κ1) is 12.2. The van der Waals surface area contributed by atoms with Crippen molar-refractivity contribution in [3.8, 4) is 0 Å². The topological polar surface area (TPSA) is 69.6 Å². The molecule has 2 amide bonds. The van der Waals surface area contributed by atoms with Crippen LogP contribution in [0.1, 0.15) is 5.56 Å². The first-order chi connectivity index (χ1) is 8.68. The Labute approximate surface area is 105 Å². The van der Waals surface area contributed by atoms with E-state index in [2.05, 4.69) is 5.32 Å². The predicted molar refractivity (Wildman–Crippen MR) is 65.9 cm³/mol. The lowest BCUT2D eigenvalue weighted by Gasteiger charge is -2.20. The van der Waals surface area contributed by atoms with Gasteiger partial charge in [0.15, 0.2) is 0 Å². The van der Waals surface area contributed by atoms with Crippen LogP contribution in [0.3, 0.4) is 0 Å². The summed E-state index contributed by atoms with van der Waals surface area (Å²) in [7, 11) is 0. The zero-order valence-electron chi connectivity index (χ0n) is 9.74. The lowest BCUT2D eigenvalue weighted by Crippen LogP contribution is -2.45. The molecule has 1 heterocycles. The van der Waals surface area contributed by atoms with Gasteiger partial charge in [-0.2, -0.15) is 0 Å². The van der Waals surface area contributed by atoms with E-state index in [1.54, 1.807) is 12.2 Å². The first-order valence-electron chi connectivity index (χ1n) is 5.66. The molecule has 2 N–H and O–H groups in total. The number of hydrogen-bond donors (Lipinski definition) is 2. The van der Waals surface area contributed by atoms with E-state index in [0.717, 1.165) is 10.5 Å². The molecule has 1 aliphatic heterocycles. The van der Waals surface area contributed by atoms with E-state index in [4.69, 9.17) is 5.11 Å². The second kappa shape index (κ2) is 5.35. The first-order valence-corrected chi connectivity index (χ1v) is 5.66. The Morgan fingerprint density at radius 3 is 2.72 bits per heavy atom. The molecule has 1 atom stereocenters. The molecule has 0 saturated carbocycles. The Morgan fingerprint density at radius 1 is 1.33 bits per heavy atom. The van der Waals surface area contributed by atoms with Crippen molar-refractivity contribution in [2.45, 2.75) is 12.6 Å². The molecule has 0 aliphatic carbocycles. The van der Waals surface area contributed by atoms with E-state index in [-0.39, 0.29) is 12.5 Å². The largest absolute Gasteiger partial charge is 0.465 e. The Morgan fingerprint density at radius 2 is 2.06 bits per heavy atom. The van der Waals surface area contributed by atoms with Crippen molar-refractivity contribution in [2.75, 3.05) is 6.54 Å². The average molecular weight is 246 g/mol. The molecule has 1 unspecified atom stereocenters. The van der Waals surface area contributed by atoms with Crippen LogP contribution < -0.4 is 5.32 Å². The highest BCUT2D eigenvalue weighted by atomic mass is 16.4. The highest BCUT2D eigenvalue weighted by molar-refractivity contribution is 5.88. The zero-order valence-corrected chi connectivity index (χ0v) is 9.74. The third-order valence-corrected chi connectivity index (χ3v) is 2.78. The second-order valence-corrected chi connectivity index (χ2v) is 4.01. The molecule has 18 heavy (non-hydrogen) atoms. The fourth-order valence-electron chi connectivity index (χ4n) is 1.84. The second-order valence-electron chi connectivity index (χ2n) is 4.01. The molecule has 0 saturated heterocycles. The van der Waals surface area contributed by atoms with Gasteiger partial charge in [0.1, 0.15) is 6.04 Å². The number of carbonyl (C=O) groups excluding carboxylic acids is 1. The number of nitrogens with one attached hydrogen (secondary N) is 1. The van der Waals surface area contributed by atoms with Gasteiger partial charge in [-0.05, 0) is 5.56 Å². The van der Waals surface area contributed by atoms with Gasteiger partial charge in [-0.25, -0.2) is 4.79 Å². The van der Waals surface area contributed by atoms with Crippen LogP contribution in [-0.4, -0.2) is 34.6 Å². The number of carboxylic acid groups (broad SMARTS) is 1. The number of benzene rings is 1. The van der Waals surface area contributed by atoms with Crippen LogP contribution in [0, 0.1) is 0 Å². The van der Waals surface area contributed by atoms with E-state index in [0.29, 0.717) is 6.54 Å². The minimum Gasteiger partial charge on any atom is -0.465 e. The molecule has 5 heteroatoms. The summed E-state index contributed by atoms with van der Waals surface area (Å²) in [6.45, 7) is 0.663. The highest BCUT2D eigenvalue weighted by Gasteiger charge is 2.29. The van der Waals surface area contributed by atoms with E-state index >= 15 is 0 Å². The molecule has 1 aromatic rings. The number of nitrogens with zero attached hydrogens (tertiary/aromatic N) is 1. The molecular formula is C13H14N2O3. The average Bonchev–Trinajstić information content (AvgIpc) is 2.86. The fourth-order valence-corrected chi connectivity index (χ4v) is 1.84. The molecule has 94 valence electrons. The molecule has 1 aliphatic rings. The van der Waals surface area contributed by atoms with Crippen molar-refractivity contribution in [3.63, 3.8) is 0 Å². The monoisotopic (exact) mass is 246 g/mol. The van der Waals surface area contributed by atoms with Crippen molar-refractivity contribution >= 4 is 12.0 Å². The summed E-state index contributed by atoms with van der Waals surface area (Å²) in [5.74, 6) is -0.296. The van der Waals surface area contributed by atoms with Gasteiger partial charge >= 0.3 is 6.09 Å². The van der Waals surface area contributed by atoms with Crippen LogP contribution >= 0.6 is 0 Å². The van der Waals surface area contributed by atoms with Gasteiger partial charge in [0, 0.05) is 13.1 Å². The molecule has 5 nitrogen and oxygen atoms in total. The lowest BCUT2D eigenvalue weighted by molar-refractivity contribution is -0.124. The summed E-state index contributed by atoms with van der Waals surface area (Å²) in [6, 6.07) is 8.77. The Hall–Kier alpha value is -2.30. The number of carbonyl (C=O) groups is 2. The van der Waals surface area contributed by atoms with Gasteiger partial charge in [0.2, 0.25) is 5.91 Å². The van der Waals surface area contributed by atoms with E-state index in [9.17, 15) is 9.59 Å². The summed E-state index contributed by atoms with van der Waals surface area (Å²) in [6.07, 6.45) is 2.20. The Balaban J connectivity index is 1.92. The quantitative estimate of drug-likeness (QED) is 0.788. The van der Waals surface area contributed by atoms with E-state index in [1.165, 1.54) is 0 Å². The number of hydrogen-bond acceptors (Lipinski definition) is 2. The summed E-state index contributed by atoms with van der Waals surface area (Å²) in [4.78, 5) is 23.9. The van der Waals surface area contributed by atoms with E-state index in [1.807, 2.05) is 30.3 Å². The smallest absolute Gasteiger partial charge is 0.408 e. The minimum atomic E-state index is -1.08.